The van der Waals surface area contributed by atoms with Crippen molar-refractivity contribution in [1.82, 2.24) is 15.0 Å². The Morgan fingerprint density at radius 3 is 1.30 bits per heavy atom. The third-order valence-corrected chi connectivity index (χ3v) is 11.1. The highest BCUT2D eigenvalue weighted by molar-refractivity contribution is 6.18. The summed E-state index contributed by atoms with van der Waals surface area (Å²) in [6.07, 6.45) is 0. The standard InChI is InChI=1S/C53H33N3/c1-3-13-38(14-4-1)51-54-52(39-15-5-2-6-16-39)56-53(55-51)40-28-26-37(27-29-40)49-42-17-8-7-12-34(42)30-31-43(49)36-24-22-35(23-25-36)41-32-33-48-45-19-10-9-18-44(45)47-21-11-20-46(41)50(47)48/h1-33H. The number of hydrogen-bond donors (Lipinski definition) is 0. The van der Waals surface area contributed by atoms with Crippen molar-refractivity contribution in [1.29, 1.82) is 0 Å². The minimum absolute atomic E-state index is 0.643. The fourth-order valence-corrected chi connectivity index (χ4v) is 8.44. The smallest absolute Gasteiger partial charge is 0.164 e. The predicted octanol–water partition coefficient (Wildman–Crippen LogP) is 13.8. The molecule has 0 amide bonds. The van der Waals surface area contributed by atoms with E-state index in [2.05, 4.69) is 140 Å². The predicted molar refractivity (Wildman–Crippen MR) is 232 cm³/mol. The Labute approximate surface area is 325 Å². The van der Waals surface area contributed by atoms with Gasteiger partial charge in [-0.15, -0.1) is 0 Å². The van der Waals surface area contributed by atoms with Crippen molar-refractivity contribution in [3.05, 3.63) is 200 Å². The normalized spacial score (nSPS) is 11.6. The Balaban J connectivity index is 0.991. The van der Waals surface area contributed by atoms with Gasteiger partial charge in [-0.25, -0.2) is 15.0 Å². The fourth-order valence-electron chi connectivity index (χ4n) is 8.44. The summed E-state index contributed by atoms with van der Waals surface area (Å²) in [6.45, 7) is 0. The topological polar surface area (TPSA) is 38.7 Å². The number of hydrogen-bond acceptors (Lipinski definition) is 3. The summed E-state index contributed by atoms with van der Waals surface area (Å²) >= 11 is 0. The van der Waals surface area contributed by atoms with Gasteiger partial charge in [0, 0.05) is 16.7 Å². The zero-order valence-electron chi connectivity index (χ0n) is 30.4. The van der Waals surface area contributed by atoms with Crippen molar-refractivity contribution in [3.63, 3.8) is 0 Å². The fraction of sp³-hybridized carbons (Fsp3) is 0. The molecule has 0 unspecified atom stereocenters. The lowest BCUT2D eigenvalue weighted by Gasteiger charge is -2.16. The van der Waals surface area contributed by atoms with Crippen LogP contribution in [-0.4, -0.2) is 15.0 Å². The van der Waals surface area contributed by atoms with E-state index in [4.69, 9.17) is 15.0 Å². The third-order valence-electron chi connectivity index (χ3n) is 11.1. The molecule has 0 aliphatic heterocycles. The highest BCUT2D eigenvalue weighted by Gasteiger charge is 2.22. The molecule has 1 heterocycles. The minimum atomic E-state index is 0.643. The number of aromatic nitrogens is 3. The summed E-state index contributed by atoms with van der Waals surface area (Å²) in [4.78, 5) is 14.8. The maximum Gasteiger partial charge on any atom is 0.164 e. The lowest BCUT2D eigenvalue weighted by molar-refractivity contribution is 1.07. The monoisotopic (exact) mass is 711 g/mol. The molecule has 10 aromatic rings. The zero-order chi connectivity index (χ0) is 37.0. The SMILES string of the molecule is c1ccc(-c2nc(-c3ccccc3)nc(-c3ccc(-c4c(-c5ccc(-c6ccc7c8c(cccc68)-c6ccccc6-7)cc5)ccc5ccccc45)cc3)n2)cc1. The summed E-state index contributed by atoms with van der Waals surface area (Å²) in [6, 6.07) is 71.2. The van der Waals surface area contributed by atoms with E-state index in [1.807, 2.05) is 60.7 Å². The Hall–Kier alpha value is -7.49. The molecule has 3 heteroatoms. The highest BCUT2D eigenvalue weighted by atomic mass is 15.0. The molecule has 1 aromatic heterocycles. The minimum Gasteiger partial charge on any atom is -0.208 e. The van der Waals surface area contributed by atoms with Crippen LogP contribution in [-0.2, 0) is 0 Å². The Kier molecular flexibility index (Phi) is 7.49. The van der Waals surface area contributed by atoms with Gasteiger partial charge in [0.1, 0.15) is 0 Å². The van der Waals surface area contributed by atoms with Crippen molar-refractivity contribution in [2.45, 2.75) is 0 Å². The van der Waals surface area contributed by atoms with Gasteiger partial charge in [0.25, 0.3) is 0 Å². The van der Waals surface area contributed by atoms with Gasteiger partial charge in [-0.05, 0) is 77.2 Å². The average molecular weight is 712 g/mol. The largest absolute Gasteiger partial charge is 0.208 e. The van der Waals surface area contributed by atoms with Crippen molar-refractivity contribution >= 4 is 21.5 Å². The molecule has 9 aromatic carbocycles. The third kappa shape index (κ3) is 5.32. The first kappa shape index (κ1) is 32.0. The number of benzene rings is 9. The van der Waals surface area contributed by atoms with Gasteiger partial charge in [0.15, 0.2) is 17.5 Å². The lowest BCUT2D eigenvalue weighted by atomic mass is 9.88. The molecule has 11 rings (SSSR count). The average Bonchev–Trinajstić information content (AvgIpc) is 3.61. The van der Waals surface area contributed by atoms with Gasteiger partial charge < -0.3 is 0 Å². The highest BCUT2D eigenvalue weighted by Crippen LogP contribution is 2.49. The van der Waals surface area contributed by atoms with Crippen molar-refractivity contribution in [2.75, 3.05) is 0 Å². The molecule has 1 aliphatic rings. The Bertz CT molecular complexity index is 3010. The molecular formula is C53H33N3. The van der Waals surface area contributed by atoms with Gasteiger partial charge >= 0.3 is 0 Å². The molecule has 0 spiro atoms. The van der Waals surface area contributed by atoms with E-state index < -0.39 is 0 Å². The van der Waals surface area contributed by atoms with Gasteiger partial charge in [0.05, 0.1) is 0 Å². The molecule has 1 aliphatic carbocycles. The van der Waals surface area contributed by atoms with Crippen LogP contribution in [0.25, 0.3) is 111 Å². The van der Waals surface area contributed by atoms with Crippen LogP contribution in [0, 0.1) is 0 Å². The summed E-state index contributed by atoms with van der Waals surface area (Å²) in [5.41, 5.74) is 15.3. The van der Waals surface area contributed by atoms with E-state index in [0.29, 0.717) is 17.5 Å². The van der Waals surface area contributed by atoms with Crippen molar-refractivity contribution < 1.29 is 0 Å². The lowest BCUT2D eigenvalue weighted by Crippen LogP contribution is -2.00. The number of rotatable bonds is 6. The van der Waals surface area contributed by atoms with E-state index in [1.54, 1.807) is 0 Å². The van der Waals surface area contributed by atoms with Gasteiger partial charge in [-0.2, -0.15) is 0 Å². The Morgan fingerprint density at radius 2 is 0.661 bits per heavy atom. The first-order valence-electron chi connectivity index (χ1n) is 19.0. The second-order valence-electron chi connectivity index (χ2n) is 14.3. The van der Waals surface area contributed by atoms with E-state index in [0.717, 1.165) is 22.3 Å². The molecule has 0 saturated carbocycles. The van der Waals surface area contributed by atoms with E-state index in [1.165, 1.54) is 71.6 Å². The van der Waals surface area contributed by atoms with Crippen LogP contribution in [0.2, 0.25) is 0 Å². The van der Waals surface area contributed by atoms with Crippen LogP contribution in [0.1, 0.15) is 0 Å². The summed E-state index contributed by atoms with van der Waals surface area (Å²) in [5.74, 6) is 1.95. The van der Waals surface area contributed by atoms with Crippen LogP contribution in [0.5, 0.6) is 0 Å². The van der Waals surface area contributed by atoms with Gasteiger partial charge in [-0.1, -0.05) is 200 Å². The molecule has 260 valence electrons. The molecular weight excluding hydrogens is 679 g/mol. The summed E-state index contributed by atoms with van der Waals surface area (Å²) < 4.78 is 0. The van der Waals surface area contributed by atoms with Crippen LogP contribution >= 0.6 is 0 Å². The molecule has 3 nitrogen and oxygen atoms in total. The molecule has 0 fully saturated rings. The van der Waals surface area contributed by atoms with Gasteiger partial charge in [0.2, 0.25) is 0 Å². The maximum atomic E-state index is 4.97. The summed E-state index contributed by atoms with van der Waals surface area (Å²) in [7, 11) is 0. The van der Waals surface area contributed by atoms with Crippen molar-refractivity contribution in [2.24, 2.45) is 0 Å². The first-order valence-corrected chi connectivity index (χ1v) is 19.0. The van der Waals surface area contributed by atoms with Crippen molar-refractivity contribution in [3.8, 4) is 89.8 Å². The quantitative estimate of drug-likeness (QED) is 0.172. The van der Waals surface area contributed by atoms with Crippen LogP contribution in [0.4, 0.5) is 0 Å². The molecule has 0 atom stereocenters. The molecule has 56 heavy (non-hydrogen) atoms. The summed E-state index contributed by atoms with van der Waals surface area (Å²) in [5, 5.41) is 5.06. The molecule has 0 N–H and O–H groups in total. The van der Waals surface area contributed by atoms with Crippen LogP contribution in [0.15, 0.2) is 200 Å². The molecule has 0 saturated heterocycles. The van der Waals surface area contributed by atoms with E-state index in [-0.39, 0.29) is 0 Å². The van der Waals surface area contributed by atoms with E-state index in [9.17, 15) is 0 Å². The van der Waals surface area contributed by atoms with Crippen LogP contribution < -0.4 is 0 Å². The van der Waals surface area contributed by atoms with Crippen LogP contribution in [0.3, 0.4) is 0 Å². The second-order valence-corrected chi connectivity index (χ2v) is 14.3. The maximum absolute atomic E-state index is 4.97. The first-order chi connectivity index (χ1) is 27.8. The van der Waals surface area contributed by atoms with E-state index >= 15 is 0 Å². The molecule has 0 bridgehead atoms. The Morgan fingerprint density at radius 1 is 0.232 bits per heavy atom. The number of nitrogens with zero attached hydrogens (tertiary/aromatic N) is 3. The molecule has 0 radical (unpaired) electrons. The van der Waals surface area contributed by atoms with Gasteiger partial charge in [-0.3, -0.25) is 0 Å². The zero-order valence-corrected chi connectivity index (χ0v) is 30.4. The second kappa shape index (κ2) is 13.1. The number of fused-ring (bicyclic) bond motifs is 4.